The molecule has 574 valence electrons. The number of nitrogens with one attached hydrogen (secondary N) is 3. The van der Waals surface area contributed by atoms with Crippen molar-refractivity contribution in [3.05, 3.63) is 117 Å². The number of hydrogen-bond donors (Lipinski definition) is 4. The van der Waals surface area contributed by atoms with Crippen molar-refractivity contribution in [2.24, 2.45) is 5.73 Å². The number of fused-ring (bicyclic) bond motifs is 5. The second-order valence-electron chi connectivity index (χ2n) is 25.0. The third kappa shape index (κ3) is 27.9. The SMILES string of the molecule is CC[C@@]1(OC(=O)OCc2ccc(NC(=O)[C@H](CCCCN)NC(=O)COCC(=O)NCCOCCOCCOCCOCCOCCOCCOCCOCCCC(=O)CCC/C=C\c3cnc(SC)nc3)cc2)C(=O)OCc2c1cc1n(c2=O)Cc2c-1nc1ccccc1c2CCN(C(C)=O)C(C)C. The molecular formula is C75H103N9O20S. The summed E-state index contributed by atoms with van der Waals surface area (Å²) in [7, 11) is 0. The Labute approximate surface area is 617 Å². The molecule has 29 nitrogen and oxygen atoms in total. The first-order valence-corrected chi connectivity index (χ1v) is 37.2. The van der Waals surface area contributed by atoms with E-state index in [1.54, 1.807) is 66.0 Å². The highest BCUT2D eigenvalue weighted by atomic mass is 32.2. The van der Waals surface area contributed by atoms with Crippen molar-refractivity contribution in [3.63, 3.8) is 0 Å². The van der Waals surface area contributed by atoms with Crippen LogP contribution in [-0.4, -0.2) is 223 Å². The number of para-hydroxylation sites is 1. The molecule has 0 unspecified atom stereocenters. The van der Waals surface area contributed by atoms with Crippen LogP contribution in [0.25, 0.3) is 28.4 Å². The summed E-state index contributed by atoms with van der Waals surface area (Å²) in [6, 6.07) is 14.7. The number of benzene rings is 2. The molecule has 3 aromatic heterocycles. The predicted molar refractivity (Wildman–Crippen MR) is 391 cm³/mol. The summed E-state index contributed by atoms with van der Waals surface area (Å²) >= 11 is 1.50. The number of ketones is 1. The van der Waals surface area contributed by atoms with Crippen LogP contribution in [0.15, 0.2) is 83.0 Å². The lowest BCUT2D eigenvalue weighted by molar-refractivity contribution is -0.175. The summed E-state index contributed by atoms with van der Waals surface area (Å²) in [6.45, 7) is 13.3. The average Bonchev–Trinajstić information content (AvgIpc) is 1.61. The van der Waals surface area contributed by atoms with E-state index in [9.17, 15) is 38.4 Å². The van der Waals surface area contributed by atoms with Crippen molar-refractivity contribution < 1.29 is 90.4 Å². The molecule has 4 amide bonds. The highest BCUT2D eigenvalue weighted by Crippen LogP contribution is 2.42. The molecule has 5 heterocycles. The number of anilines is 1. The molecule has 5 aromatic rings. The number of nitrogens with zero attached hydrogens (tertiary/aromatic N) is 5. The van der Waals surface area contributed by atoms with Crippen molar-refractivity contribution in [2.75, 3.05) is 150 Å². The summed E-state index contributed by atoms with van der Waals surface area (Å²) in [5.74, 6) is -2.24. The van der Waals surface area contributed by atoms with Crippen LogP contribution in [0.5, 0.6) is 0 Å². The minimum absolute atomic E-state index is 0.0231. The fourth-order valence-corrected chi connectivity index (χ4v) is 12.0. The summed E-state index contributed by atoms with van der Waals surface area (Å²) < 4.78 is 68.2. The molecule has 0 spiro atoms. The third-order valence-corrected chi connectivity index (χ3v) is 17.7. The largest absolute Gasteiger partial charge is 0.510 e. The Balaban J connectivity index is 0.677. The molecule has 0 fully saturated rings. The minimum Gasteiger partial charge on any atom is -0.457 e. The van der Waals surface area contributed by atoms with Gasteiger partial charge in [0.2, 0.25) is 29.2 Å². The van der Waals surface area contributed by atoms with E-state index in [1.807, 2.05) is 56.5 Å². The molecule has 0 saturated carbocycles. The Morgan fingerprint density at radius 2 is 1.35 bits per heavy atom. The number of rotatable bonds is 53. The number of carbonyl (C=O) groups excluding carboxylic acids is 7. The van der Waals surface area contributed by atoms with Gasteiger partial charge in [-0.25, -0.2) is 24.5 Å². The maximum Gasteiger partial charge on any atom is 0.510 e. The number of hydrogen-bond acceptors (Lipinski definition) is 25. The van der Waals surface area contributed by atoms with Gasteiger partial charge in [0.05, 0.1) is 128 Å². The summed E-state index contributed by atoms with van der Waals surface area (Å²) in [6.07, 6.45) is 13.6. The van der Waals surface area contributed by atoms with Gasteiger partial charge < -0.3 is 88.0 Å². The Kier molecular flexibility index (Phi) is 37.4. The Bertz CT molecular complexity index is 3660. The molecule has 0 saturated heterocycles. The van der Waals surface area contributed by atoms with Crippen LogP contribution in [0.3, 0.4) is 0 Å². The first-order chi connectivity index (χ1) is 51.0. The fourth-order valence-electron chi connectivity index (χ4n) is 11.6. The minimum atomic E-state index is -2.03. The standard InChI is InChI=1S/C75H103N9O20S/c1-6-75(63-45-66-69-61(48-84(66)71(90)62(63)50-102-72(75)91)59(25-28-83(53(2)3)54(4)85)60-18-10-11-19-64(60)82-69)104-74(92)103-49-55-21-23-57(24-22-55)80-70(89)65(20-12-13-26-76)81-68(88)52-101-51-67(87)77-27-30-94-32-34-96-36-38-98-40-42-100-44-43-99-41-39-97-37-35-95-33-31-93-29-14-17-58(86)16-9-7-8-15-56-46-78-73(105-5)79-47-56/h8,10-11,15,18-19,21-24,45-47,53,65H,6-7,9,12-14,16-17,20,25-44,48-52,76H2,1-5H3,(H,77,87)(H,80,89)(H,81,88)/b15-8-/t65-,75-/m0/s1. The Morgan fingerprint density at radius 1 is 0.743 bits per heavy atom. The van der Waals surface area contributed by atoms with Crippen LogP contribution in [0, 0.1) is 0 Å². The van der Waals surface area contributed by atoms with Gasteiger partial charge in [0.15, 0.2) is 5.16 Å². The lowest BCUT2D eigenvalue weighted by Gasteiger charge is -2.35. The number of Topliss-reactive ketones (excluding diaryl/α,β-unsaturated/α-hetero) is 1. The van der Waals surface area contributed by atoms with Crippen LogP contribution in [0.2, 0.25) is 0 Å². The van der Waals surface area contributed by atoms with Crippen LogP contribution < -0.4 is 27.2 Å². The lowest BCUT2D eigenvalue weighted by atomic mass is 9.85. The van der Waals surface area contributed by atoms with Crippen molar-refractivity contribution in [2.45, 2.75) is 135 Å². The normalized spacial score (nSPS) is 14.0. The molecule has 2 atom stereocenters. The summed E-state index contributed by atoms with van der Waals surface area (Å²) in [5.41, 5.74) is 8.92. The molecule has 30 heteroatoms. The van der Waals surface area contributed by atoms with Crippen LogP contribution in [0.4, 0.5) is 10.5 Å². The number of nitrogens with two attached hydrogens (primary N) is 1. The van der Waals surface area contributed by atoms with E-state index in [2.05, 4.69) is 25.9 Å². The first kappa shape index (κ1) is 84.1. The van der Waals surface area contributed by atoms with Crippen molar-refractivity contribution in [1.82, 2.24) is 35.1 Å². The summed E-state index contributed by atoms with van der Waals surface area (Å²) in [4.78, 5) is 121. The number of ether oxygens (including phenoxy) is 12. The zero-order valence-electron chi connectivity index (χ0n) is 61.1. The Morgan fingerprint density at radius 3 is 1.96 bits per heavy atom. The number of unbranched alkanes of at least 4 members (excludes halogenated alkanes) is 2. The number of amides is 4. The zero-order valence-corrected chi connectivity index (χ0v) is 61.9. The molecule has 105 heavy (non-hydrogen) atoms. The smallest absolute Gasteiger partial charge is 0.457 e. The molecule has 2 aliphatic heterocycles. The highest BCUT2D eigenvalue weighted by molar-refractivity contribution is 7.98. The zero-order chi connectivity index (χ0) is 75.0. The predicted octanol–water partition coefficient (Wildman–Crippen LogP) is 6.80. The van der Waals surface area contributed by atoms with Gasteiger partial charge in [-0.05, 0) is 113 Å². The van der Waals surface area contributed by atoms with Gasteiger partial charge in [0.1, 0.15) is 38.3 Å². The highest BCUT2D eigenvalue weighted by Gasteiger charge is 2.51. The molecule has 0 radical (unpaired) electrons. The number of aromatic nitrogens is 4. The van der Waals surface area contributed by atoms with Crippen molar-refractivity contribution in [3.8, 4) is 11.4 Å². The number of esters is 1. The van der Waals surface area contributed by atoms with Gasteiger partial charge >= 0.3 is 12.1 Å². The topological polar surface area (TPSA) is 356 Å². The van der Waals surface area contributed by atoms with E-state index in [0.717, 1.165) is 40.1 Å². The average molecular weight is 1480 g/mol. The fraction of sp³-hybridized carbons (Fsp3) is 0.560. The number of cyclic esters (lactones) is 1. The van der Waals surface area contributed by atoms with E-state index in [1.165, 1.54) is 11.8 Å². The maximum absolute atomic E-state index is 14.4. The second kappa shape index (κ2) is 46.7. The quantitative estimate of drug-likeness (QED) is 0.0132. The monoisotopic (exact) mass is 1480 g/mol. The molecule has 5 N–H and O–H groups in total. The molecule has 2 aliphatic rings. The van der Waals surface area contributed by atoms with E-state index >= 15 is 0 Å². The molecule has 0 aliphatic carbocycles. The van der Waals surface area contributed by atoms with Gasteiger partial charge in [-0.2, -0.15) is 0 Å². The van der Waals surface area contributed by atoms with Crippen LogP contribution >= 0.6 is 11.8 Å². The van der Waals surface area contributed by atoms with E-state index in [4.69, 9.17) is 67.6 Å². The molecule has 2 aromatic carbocycles. The van der Waals surface area contributed by atoms with Crippen LogP contribution in [-0.2, 0) is 117 Å². The molecule has 7 rings (SSSR count). The number of pyridine rings is 2. The van der Waals surface area contributed by atoms with Gasteiger partial charge in [0.25, 0.3) is 5.56 Å². The Hall–Kier alpha value is -8.14. The van der Waals surface area contributed by atoms with E-state index in [0.29, 0.717) is 179 Å². The van der Waals surface area contributed by atoms with E-state index < -0.39 is 60.3 Å². The number of carbonyl (C=O) groups is 7. The number of thioether (sulfide) groups is 1. The molecule has 0 bridgehead atoms. The summed E-state index contributed by atoms with van der Waals surface area (Å²) in [5, 5.41) is 9.78. The first-order valence-electron chi connectivity index (χ1n) is 35.9. The number of allylic oxidation sites excluding steroid dienone is 1. The third-order valence-electron chi connectivity index (χ3n) is 17.1. The van der Waals surface area contributed by atoms with Gasteiger partial charge in [0, 0.05) is 85.7 Å². The maximum atomic E-state index is 14.4. The van der Waals surface area contributed by atoms with Crippen LogP contribution in [0.1, 0.15) is 119 Å². The van der Waals surface area contributed by atoms with Gasteiger partial charge in [-0.15, -0.1) is 0 Å². The lowest BCUT2D eigenvalue weighted by Crippen LogP contribution is -2.47. The van der Waals surface area contributed by atoms with E-state index in [-0.39, 0.29) is 74.6 Å². The molecular weight excluding hydrogens is 1380 g/mol. The van der Waals surface area contributed by atoms with Gasteiger partial charge in [-0.1, -0.05) is 61.2 Å². The van der Waals surface area contributed by atoms with Gasteiger partial charge in [-0.3, -0.25) is 28.8 Å². The van der Waals surface area contributed by atoms with Crippen molar-refractivity contribution >= 4 is 76.0 Å². The second-order valence-corrected chi connectivity index (χ2v) is 25.7. The van der Waals surface area contributed by atoms with Crippen molar-refractivity contribution in [1.29, 1.82) is 0 Å².